The van der Waals surface area contributed by atoms with Crippen molar-refractivity contribution in [1.82, 2.24) is 15.2 Å². The van der Waals surface area contributed by atoms with E-state index >= 15 is 0 Å². The number of rotatable bonds is 5. The molecule has 0 radical (unpaired) electrons. The minimum atomic E-state index is 0.0404. The first kappa shape index (κ1) is 14.9. The van der Waals surface area contributed by atoms with Crippen molar-refractivity contribution < 1.29 is 9.53 Å². The summed E-state index contributed by atoms with van der Waals surface area (Å²) in [5.41, 5.74) is 1.00. The fourth-order valence-corrected chi connectivity index (χ4v) is 3.94. The molecule has 2 amide bonds. The third-order valence-electron chi connectivity index (χ3n) is 4.46. The molecule has 1 saturated carbocycles. The zero-order valence-electron chi connectivity index (χ0n) is 13.0. The number of fused-ring (bicyclic) bond motifs is 1. The first-order chi connectivity index (χ1) is 11.3. The lowest BCUT2D eigenvalue weighted by molar-refractivity contribution is 0.162. The van der Waals surface area contributed by atoms with Crippen LogP contribution in [0.2, 0.25) is 0 Å². The van der Waals surface area contributed by atoms with Crippen LogP contribution in [0.15, 0.2) is 24.3 Å². The van der Waals surface area contributed by atoms with Crippen LogP contribution >= 0.6 is 11.3 Å². The van der Waals surface area contributed by atoms with Crippen LogP contribution in [-0.4, -0.2) is 41.7 Å². The van der Waals surface area contributed by atoms with Gasteiger partial charge in [0.1, 0.15) is 5.01 Å². The summed E-state index contributed by atoms with van der Waals surface area (Å²) in [6.45, 7) is 2.93. The van der Waals surface area contributed by atoms with Gasteiger partial charge in [0.2, 0.25) is 0 Å². The van der Waals surface area contributed by atoms with Crippen molar-refractivity contribution in [3.05, 3.63) is 29.3 Å². The van der Waals surface area contributed by atoms with E-state index in [4.69, 9.17) is 4.74 Å². The predicted molar refractivity (Wildman–Crippen MR) is 90.5 cm³/mol. The molecule has 0 unspecified atom stereocenters. The third kappa shape index (κ3) is 3.48. The molecule has 1 aromatic heterocycles. The van der Waals surface area contributed by atoms with Gasteiger partial charge in [-0.2, -0.15) is 0 Å². The van der Waals surface area contributed by atoms with Crippen molar-refractivity contribution in [2.75, 3.05) is 19.8 Å². The Bertz CT molecular complexity index is 659. The molecule has 1 aliphatic heterocycles. The Hall–Kier alpha value is -1.66. The van der Waals surface area contributed by atoms with E-state index in [0.29, 0.717) is 18.5 Å². The fourth-order valence-electron chi connectivity index (χ4n) is 3.04. The number of para-hydroxylation sites is 1. The summed E-state index contributed by atoms with van der Waals surface area (Å²) in [4.78, 5) is 19.1. The van der Waals surface area contributed by atoms with Gasteiger partial charge in [-0.05, 0) is 31.4 Å². The topological polar surface area (TPSA) is 54.5 Å². The molecule has 23 heavy (non-hydrogen) atoms. The van der Waals surface area contributed by atoms with Gasteiger partial charge in [-0.25, -0.2) is 9.78 Å². The number of amides is 2. The van der Waals surface area contributed by atoms with Gasteiger partial charge in [-0.15, -0.1) is 11.3 Å². The highest BCUT2D eigenvalue weighted by atomic mass is 32.1. The molecular weight excluding hydrogens is 310 g/mol. The summed E-state index contributed by atoms with van der Waals surface area (Å²) < 4.78 is 6.60. The molecule has 2 aliphatic rings. The van der Waals surface area contributed by atoms with Gasteiger partial charge in [-0.1, -0.05) is 12.1 Å². The molecule has 1 aromatic carbocycles. The van der Waals surface area contributed by atoms with E-state index in [-0.39, 0.29) is 6.03 Å². The van der Waals surface area contributed by atoms with E-state index in [1.165, 1.54) is 4.70 Å². The van der Waals surface area contributed by atoms with E-state index in [2.05, 4.69) is 16.4 Å². The molecule has 2 fully saturated rings. The number of hydrogen-bond donors (Lipinski definition) is 1. The summed E-state index contributed by atoms with van der Waals surface area (Å²) in [7, 11) is 0. The Morgan fingerprint density at radius 1 is 1.35 bits per heavy atom. The highest BCUT2D eigenvalue weighted by Crippen LogP contribution is 2.29. The average Bonchev–Trinajstić information content (AvgIpc) is 3.11. The minimum Gasteiger partial charge on any atom is -0.381 e. The minimum absolute atomic E-state index is 0.0404. The van der Waals surface area contributed by atoms with Crippen LogP contribution in [-0.2, 0) is 11.3 Å². The van der Waals surface area contributed by atoms with Crippen LogP contribution < -0.4 is 5.32 Å². The third-order valence-corrected chi connectivity index (χ3v) is 5.49. The van der Waals surface area contributed by atoms with Crippen molar-refractivity contribution in [3.8, 4) is 0 Å². The number of benzene rings is 1. The second-order valence-electron chi connectivity index (χ2n) is 6.35. The zero-order chi connectivity index (χ0) is 15.6. The second-order valence-corrected chi connectivity index (χ2v) is 7.46. The number of ether oxygens (including phenoxy) is 1. The SMILES string of the molecule is O=C(NCc1nc2ccccc2s1)N(C[C@H]1CCOC1)C1CC1. The van der Waals surface area contributed by atoms with E-state index in [0.717, 1.165) is 49.5 Å². The Kier molecular flexibility index (Phi) is 4.18. The van der Waals surface area contributed by atoms with Crippen molar-refractivity contribution in [1.29, 1.82) is 0 Å². The lowest BCUT2D eigenvalue weighted by atomic mass is 10.1. The number of nitrogens with one attached hydrogen (secondary N) is 1. The van der Waals surface area contributed by atoms with Crippen LogP contribution in [0, 0.1) is 5.92 Å². The van der Waals surface area contributed by atoms with Crippen LogP contribution in [0.1, 0.15) is 24.3 Å². The largest absolute Gasteiger partial charge is 0.381 e. The maximum atomic E-state index is 12.6. The van der Waals surface area contributed by atoms with Crippen LogP contribution in [0.3, 0.4) is 0 Å². The second kappa shape index (κ2) is 6.45. The molecule has 4 rings (SSSR count). The molecule has 5 nitrogen and oxygen atoms in total. The van der Waals surface area contributed by atoms with Crippen LogP contribution in [0.5, 0.6) is 0 Å². The lowest BCUT2D eigenvalue weighted by Gasteiger charge is -2.25. The first-order valence-electron chi connectivity index (χ1n) is 8.26. The average molecular weight is 331 g/mol. The number of carbonyl (C=O) groups is 1. The first-order valence-corrected chi connectivity index (χ1v) is 9.08. The molecular formula is C17H21N3O2S. The highest BCUT2D eigenvalue weighted by Gasteiger charge is 2.34. The maximum Gasteiger partial charge on any atom is 0.318 e. The molecule has 0 bridgehead atoms. The number of nitrogens with zero attached hydrogens (tertiary/aromatic N) is 2. The summed E-state index contributed by atoms with van der Waals surface area (Å²) in [6.07, 6.45) is 3.32. The molecule has 6 heteroatoms. The summed E-state index contributed by atoms with van der Waals surface area (Å²) in [5.74, 6) is 0.490. The van der Waals surface area contributed by atoms with E-state index in [1.807, 2.05) is 23.1 Å². The van der Waals surface area contributed by atoms with Gasteiger partial charge in [0.15, 0.2) is 0 Å². The molecule has 1 aliphatic carbocycles. The molecule has 1 N–H and O–H groups in total. The lowest BCUT2D eigenvalue weighted by Crippen LogP contribution is -2.43. The molecule has 1 saturated heterocycles. The standard InChI is InChI=1S/C17H21N3O2S/c21-17(20(13-5-6-13)10-12-7-8-22-11-12)18-9-16-19-14-3-1-2-4-15(14)23-16/h1-4,12-13H,5-11H2,(H,18,21)/t12-/m1/s1. The number of urea groups is 1. The quantitative estimate of drug-likeness (QED) is 0.916. The van der Waals surface area contributed by atoms with Crippen LogP contribution in [0.4, 0.5) is 4.79 Å². The van der Waals surface area contributed by atoms with Gasteiger partial charge < -0.3 is 15.0 Å². The zero-order valence-corrected chi connectivity index (χ0v) is 13.8. The van der Waals surface area contributed by atoms with E-state index in [1.54, 1.807) is 11.3 Å². The van der Waals surface area contributed by atoms with Crippen molar-refractivity contribution >= 4 is 27.6 Å². The number of carbonyl (C=O) groups excluding carboxylic acids is 1. The van der Waals surface area contributed by atoms with Gasteiger partial charge in [0.25, 0.3) is 0 Å². The molecule has 0 spiro atoms. The van der Waals surface area contributed by atoms with Gasteiger partial charge in [0.05, 0.1) is 23.4 Å². The number of hydrogen-bond acceptors (Lipinski definition) is 4. The predicted octanol–water partition coefficient (Wildman–Crippen LogP) is 3.01. The summed E-state index contributed by atoms with van der Waals surface area (Å²) >= 11 is 1.64. The van der Waals surface area contributed by atoms with Crippen molar-refractivity contribution in [2.24, 2.45) is 5.92 Å². The Labute approximate surface area is 139 Å². The normalized spacial score (nSPS) is 20.8. The molecule has 122 valence electrons. The monoisotopic (exact) mass is 331 g/mol. The Morgan fingerprint density at radius 3 is 2.96 bits per heavy atom. The van der Waals surface area contributed by atoms with Crippen molar-refractivity contribution in [3.63, 3.8) is 0 Å². The van der Waals surface area contributed by atoms with Gasteiger partial charge in [0, 0.05) is 25.1 Å². The van der Waals surface area contributed by atoms with Crippen LogP contribution in [0.25, 0.3) is 10.2 Å². The maximum absolute atomic E-state index is 12.6. The molecule has 2 heterocycles. The fraction of sp³-hybridized carbons (Fsp3) is 0.529. The summed E-state index contributed by atoms with van der Waals surface area (Å²) in [5, 5.41) is 4.01. The number of aromatic nitrogens is 1. The molecule has 1 atom stereocenters. The number of thiazole rings is 1. The van der Waals surface area contributed by atoms with E-state index in [9.17, 15) is 4.79 Å². The Balaban J connectivity index is 1.37. The van der Waals surface area contributed by atoms with Crippen molar-refractivity contribution in [2.45, 2.75) is 31.8 Å². The molecule has 2 aromatic rings. The summed E-state index contributed by atoms with van der Waals surface area (Å²) in [6, 6.07) is 8.54. The van der Waals surface area contributed by atoms with Gasteiger partial charge in [-0.3, -0.25) is 0 Å². The smallest absolute Gasteiger partial charge is 0.318 e. The van der Waals surface area contributed by atoms with E-state index < -0.39 is 0 Å². The highest BCUT2D eigenvalue weighted by molar-refractivity contribution is 7.18. The van der Waals surface area contributed by atoms with Gasteiger partial charge >= 0.3 is 6.03 Å². The Morgan fingerprint density at radius 2 is 2.22 bits per heavy atom.